The van der Waals surface area contributed by atoms with Crippen LogP contribution in [0.1, 0.15) is 25.8 Å². The number of rotatable bonds is 4. The Labute approximate surface area is 174 Å². The Morgan fingerprint density at radius 3 is 2.37 bits per heavy atom. The van der Waals surface area contributed by atoms with Crippen molar-refractivity contribution in [2.45, 2.75) is 25.2 Å². The highest BCUT2D eigenvalue weighted by molar-refractivity contribution is 7.90. The van der Waals surface area contributed by atoms with Gasteiger partial charge in [-0.15, -0.1) is 0 Å². The van der Waals surface area contributed by atoms with Crippen molar-refractivity contribution in [2.75, 3.05) is 31.1 Å². The predicted molar refractivity (Wildman–Crippen MR) is 112 cm³/mol. The van der Waals surface area contributed by atoms with Gasteiger partial charge in [-0.1, -0.05) is 19.9 Å². The van der Waals surface area contributed by atoms with E-state index in [0.29, 0.717) is 0 Å². The van der Waals surface area contributed by atoms with Crippen LogP contribution >= 0.6 is 0 Å². The number of anilines is 1. The predicted octanol–water partition coefficient (Wildman–Crippen LogP) is 4.39. The molecule has 2 aromatic carbocycles. The van der Waals surface area contributed by atoms with Crippen molar-refractivity contribution in [2.24, 2.45) is 0 Å². The van der Waals surface area contributed by atoms with E-state index in [1.54, 1.807) is 12.1 Å². The van der Waals surface area contributed by atoms with Crippen LogP contribution in [0.25, 0.3) is 10.9 Å². The van der Waals surface area contributed by atoms with Crippen molar-refractivity contribution in [3.05, 3.63) is 60.0 Å². The smallest absolute Gasteiger partial charge is 0.268 e. The number of hydrogen-bond acceptors (Lipinski definition) is 4. The first-order valence-corrected chi connectivity index (χ1v) is 11.2. The molecule has 1 aromatic heterocycles. The number of nitrogens with zero attached hydrogens (tertiary/aromatic N) is 2. The molecule has 0 spiro atoms. The number of hydrogen-bond donors (Lipinski definition) is 1. The Bertz CT molecular complexity index is 1120. The number of nitrogens with one attached hydrogen (secondary N) is 1. The van der Waals surface area contributed by atoms with Crippen molar-refractivity contribution in [1.29, 1.82) is 0 Å². The lowest BCUT2D eigenvalue weighted by atomic mass is 10.1. The molecule has 1 fully saturated rings. The summed E-state index contributed by atoms with van der Waals surface area (Å²) in [5.74, 6) is -0.715. The van der Waals surface area contributed by atoms with Crippen molar-refractivity contribution >= 4 is 26.6 Å². The Morgan fingerprint density at radius 1 is 1.03 bits per heavy atom. The van der Waals surface area contributed by atoms with Gasteiger partial charge in [0.05, 0.1) is 10.4 Å². The summed E-state index contributed by atoms with van der Waals surface area (Å²) in [5, 5.41) is 3.39. The van der Waals surface area contributed by atoms with Crippen molar-refractivity contribution < 1.29 is 21.6 Å². The highest BCUT2D eigenvalue weighted by Crippen LogP contribution is 2.34. The van der Waals surface area contributed by atoms with Gasteiger partial charge in [0.25, 0.3) is 16.4 Å². The number of fused-ring (bicyclic) bond motifs is 1. The summed E-state index contributed by atoms with van der Waals surface area (Å²) < 4.78 is 67.5. The quantitative estimate of drug-likeness (QED) is 0.655. The van der Waals surface area contributed by atoms with Crippen molar-refractivity contribution in [3.63, 3.8) is 0 Å². The molecule has 1 N–H and O–H groups in total. The zero-order chi connectivity index (χ0) is 21.9. The van der Waals surface area contributed by atoms with E-state index in [-0.39, 0.29) is 21.4 Å². The third-order valence-corrected chi connectivity index (χ3v) is 6.52. The standard InChI is InChI=1S/C19H18F3N3O2S.C2H6/c20-13-2-1-3-15(10-13)28(26,27)25-12-17(19(21)22)16-11-14(4-5-18(16)25)24-8-6-23-7-9-24;1-2/h1-5,10-12,19,23H,6-9H2;1-2H3. The molecule has 162 valence electrons. The molecule has 1 saturated heterocycles. The number of benzene rings is 2. The molecule has 0 aliphatic carbocycles. The van der Waals surface area contributed by atoms with Gasteiger partial charge in [0, 0.05) is 49.0 Å². The number of aromatic nitrogens is 1. The van der Waals surface area contributed by atoms with Gasteiger partial charge in [-0.05, 0) is 36.4 Å². The minimum absolute atomic E-state index is 0.137. The molecular formula is C21H24F3N3O2S. The fourth-order valence-corrected chi connectivity index (χ4v) is 4.86. The van der Waals surface area contributed by atoms with E-state index in [1.165, 1.54) is 18.2 Å². The molecule has 1 aliphatic rings. The Balaban J connectivity index is 0.00000124. The van der Waals surface area contributed by atoms with Gasteiger partial charge in [-0.25, -0.2) is 25.6 Å². The summed E-state index contributed by atoms with van der Waals surface area (Å²) in [6.07, 6.45) is -1.92. The van der Waals surface area contributed by atoms with E-state index in [9.17, 15) is 21.6 Å². The molecule has 0 unspecified atom stereocenters. The fourth-order valence-electron chi connectivity index (χ4n) is 3.45. The average Bonchev–Trinajstić information content (AvgIpc) is 3.16. The maximum Gasteiger partial charge on any atom is 0.268 e. The summed E-state index contributed by atoms with van der Waals surface area (Å²) >= 11 is 0. The molecule has 0 atom stereocenters. The van der Waals surface area contributed by atoms with Gasteiger partial charge in [-0.3, -0.25) is 0 Å². The Hall–Kier alpha value is -2.52. The summed E-state index contributed by atoms with van der Waals surface area (Å²) in [5.41, 5.74) is 0.530. The SMILES string of the molecule is CC.O=S(=O)(c1cccc(F)c1)n1cc(C(F)F)c2cc(N3CCNCC3)ccc21. The van der Waals surface area contributed by atoms with Crippen LogP contribution in [0.3, 0.4) is 0 Å². The molecule has 4 rings (SSSR count). The van der Waals surface area contributed by atoms with Gasteiger partial charge in [0.2, 0.25) is 0 Å². The molecule has 0 radical (unpaired) electrons. The summed E-state index contributed by atoms with van der Waals surface area (Å²) in [7, 11) is -4.22. The first kappa shape index (κ1) is 22.2. The van der Waals surface area contributed by atoms with E-state index in [2.05, 4.69) is 10.2 Å². The van der Waals surface area contributed by atoms with Crippen molar-refractivity contribution in [1.82, 2.24) is 9.29 Å². The van der Waals surface area contributed by atoms with E-state index in [4.69, 9.17) is 0 Å². The fraction of sp³-hybridized carbons (Fsp3) is 0.333. The lowest BCUT2D eigenvalue weighted by Crippen LogP contribution is -2.43. The summed E-state index contributed by atoms with van der Waals surface area (Å²) in [6.45, 7) is 7.04. The topological polar surface area (TPSA) is 54.3 Å². The Kier molecular flexibility index (Phi) is 6.72. The first-order chi connectivity index (χ1) is 14.4. The van der Waals surface area contributed by atoms with Crippen LogP contribution in [0.15, 0.2) is 53.6 Å². The largest absolute Gasteiger partial charge is 0.369 e. The third-order valence-electron chi connectivity index (χ3n) is 4.86. The Morgan fingerprint density at radius 2 is 1.73 bits per heavy atom. The highest BCUT2D eigenvalue weighted by atomic mass is 32.2. The van der Waals surface area contributed by atoms with Crippen LogP contribution in [0.2, 0.25) is 0 Å². The minimum Gasteiger partial charge on any atom is -0.369 e. The van der Waals surface area contributed by atoms with E-state index < -0.39 is 22.3 Å². The third kappa shape index (κ3) is 4.17. The molecular weight excluding hydrogens is 415 g/mol. The molecule has 1 aliphatic heterocycles. The van der Waals surface area contributed by atoms with E-state index >= 15 is 0 Å². The van der Waals surface area contributed by atoms with Gasteiger partial charge < -0.3 is 10.2 Å². The maximum absolute atomic E-state index is 13.6. The van der Waals surface area contributed by atoms with Gasteiger partial charge >= 0.3 is 0 Å². The van der Waals surface area contributed by atoms with E-state index in [1.807, 2.05) is 13.8 Å². The second kappa shape index (κ2) is 9.09. The van der Waals surface area contributed by atoms with E-state index in [0.717, 1.165) is 54.2 Å². The van der Waals surface area contributed by atoms with Gasteiger partial charge in [-0.2, -0.15) is 0 Å². The molecule has 0 bridgehead atoms. The average molecular weight is 440 g/mol. The van der Waals surface area contributed by atoms with Gasteiger partial charge in [0.1, 0.15) is 5.82 Å². The van der Waals surface area contributed by atoms with Crippen LogP contribution in [0.4, 0.5) is 18.9 Å². The zero-order valence-electron chi connectivity index (χ0n) is 16.8. The molecule has 5 nitrogen and oxygen atoms in total. The number of halogens is 3. The van der Waals surface area contributed by atoms with Gasteiger partial charge in [0.15, 0.2) is 0 Å². The lowest BCUT2D eigenvalue weighted by Gasteiger charge is -2.29. The molecule has 0 saturated carbocycles. The highest BCUT2D eigenvalue weighted by Gasteiger charge is 2.25. The second-order valence-electron chi connectivity index (χ2n) is 6.58. The molecule has 3 aromatic rings. The van der Waals surface area contributed by atoms with Crippen LogP contribution in [0, 0.1) is 5.82 Å². The molecule has 2 heterocycles. The normalized spacial score (nSPS) is 14.7. The lowest BCUT2D eigenvalue weighted by molar-refractivity contribution is 0.153. The van der Waals surface area contributed by atoms with Crippen LogP contribution in [0.5, 0.6) is 0 Å². The molecule has 0 amide bonds. The number of alkyl halides is 2. The monoisotopic (exact) mass is 439 g/mol. The first-order valence-electron chi connectivity index (χ1n) is 9.78. The van der Waals surface area contributed by atoms with Crippen LogP contribution < -0.4 is 10.2 Å². The minimum atomic E-state index is -4.22. The second-order valence-corrected chi connectivity index (χ2v) is 8.40. The zero-order valence-corrected chi connectivity index (χ0v) is 17.6. The molecule has 9 heteroatoms. The maximum atomic E-state index is 13.6. The van der Waals surface area contributed by atoms with Crippen LogP contribution in [-0.4, -0.2) is 38.6 Å². The van der Waals surface area contributed by atoms with Crippen LogP contribution in [-0.2, 0) is 10.0 Å². The summed E-state index contributed by atoms with van der Waals surface area (Å²) in [4.78, 5) is 1.76. The summed E-state index contributed by atoms with van der Waals surface area (Å²) in [6, 6.07) is 9.34. The number of piperazine rings is 1. The van der Waals surface area contributed by atoms with Crippen molar-refractivity contribution in [3.8, 4) is 0 Å². The molecule has 30 heavy (non-hydrogen) atoms.